The molecule has 5 rings (SSSR count). The number of benzene rings is 2. The number of carbonyl (C=O) groups excluding carboxylic acids is 2. The predicted octanol–water partition coefficient (Wildman–Crippen LogP) is 3.37. The summed E-state index contributed by atoms with van der Waals surface area (Å²) < 4.78 is 7.03. The SMILES string of the molecule is CC(=O)Nc1cc(-c2ccn3ncc(-c4ccc(C#N)cc4)c3n2)ccc1C(=O)N1CCOCC1. The normalized spacial score (nSPS) is 13.4. The topological polar surface area (TPSA) is 113 Å². The molecule has 0 unspecified atom stereocenters. The van der Waals surface area contributed by atoms with Gasteiger partial charge < -0.3 is 15.0 Å². The number of aromatic nitrogens is 3. The molecule has 35 heavy (non-hydrogen) atoms. The first kappa shape index (κ1) is 22.3. The van der Waals surface area contributed by atoms with Crippen molar-refractivity contribution in [2.75, 3.05) is 31.6 Å². The van der Waals surface area contributed by atoms with Gasteiger partial charge >= 0.3 is 0 Å². The van der Waals surface area contributed by atoms with Crippen LogP contribution in [0.4, 0.5) is 5.69 Å². The predicted molar refractivity (Wildman–Crippen MR) is 130 cm³/mol. The van der Waals surface area contributed by atoms with Crippen LogP contribution in [0.2, 0.25) is 0 Å². The standard InChI is InChI=1S/C26H22N6O3/c1-17(33)29-24-14-20(6-7-21(24)26(34)31-10-12-35-13-11-31)23-8-9-32-25(30-23)22(16-28-32)19-4-2-18(15-27)3-5-19/h2-9,14,16H,10-13H2,1H3,(H,29,33). The fourth-order valence-corrected chi connectivity index (χ4v) is 4.08. The van der Waals surface area contributed by atoms with Gasteiger partial charge in [0.25, 0.3) is 5.91 Å². The molecule has 1 fully saturated rings. The van der Waals surface area contributed by atoms with Crippen molar-refractivity contribution in [1.82, 2.24) is 19.5 Å². The van der Waals surface area contributed by atoms with Crippen LogP contribution in [0.3, 0.4) is 0 Å². The van der Waals surface area contributed by atoms with E-state index in [-0.39, 0.29) is 11.8 Å². The lowest BCUT2D eigenvalue weighted by molar-refractivity contribution is -0.114. The molecule has 1 saturated heterocycles. The summed E-state index contributed by atoms with van der Waals surface area (Å²) in [5.41, 5.74) is 5.25. The highest BCUT2D eigenvalue weighted by Crippen LogP contribution is 2.29. The van der Waals surface area contributed by atoms with Gasteiger partial charge in [-0.25, -0.2) is 9.50 Å². The maximum absolute atomic E-state index is 13.1. The van der Waals surface area contributed by atoms with Gasteiger partial charge in [-0.1, -0.05) is 18.2 Å². The first-order valence-electron chi connectivity index (χ1n) is 11.2. The van der Waals surface area contributed by atoms with Crippen molar-refractivity contribution in [3.63, 3.8) is 0 Å². The van der Waals surface area contributed by atoms with Crippen molar-refractivity contribution >= 4 is 23.1 Å². The third-order valence-electron chi connectivity index (χ3n) is 5.85. The molecule has 0 atom stereocenters. The highest BCUT2D eigenvalue weighted by molar-refractivity contribution is 6.04. The van der Waals surface area contributed by atoms with Gasteiger partial charge in [0, 0.05) is 37.3 Å². The van der Waals surface area contributed by atoms with Crippen molar-refractivity contribution in [3.8, 4) is 28.5 Å². The Morgan fingerprint density at radius 2 is 1.80 bits per heavy atom. The van der Waals surface area contributed by atoms with Crippen molar-refractivity contribution in [2.24, 2.45) is 0 Å². The number of hydrogen-bond acceptors (Lipinski definition) is 6. The first-order chi connectivity index (χ1) is 17.0. The quantitative estimate of drug-likeness (QED) is 0.494. The molecular formula is C26H22N6O3. The molecule has 2 aromatic carbocycles. The van der Waals surface area contributed by atoms with Gasteiger partial charge in [-0.2, -0.15) is 10.4 Å². The van der Waals surface area contributed by atoms with Crippen LogP contribution in [-0.4, -0.2) is 57.6 Å². The van der Waals surface area contributed by atoms with Gasteiger partial charge in [0.15, 0.2) is 5.65 Å². The second-order valence-electron chi connectivity index (χ2n) is 8.17. The summed E-state index contributed by atoms with van der Waals surface area (Å²) in [6.07, 6.45) is 3.55. The van der Waals surface area contributed by atoms with E-state index in [1.54, 1.807) is 39.9 Å². The van der Waals surface area contributed by atoms with E-state index < -0.39 is 0 Å². The van der Waals surface area contributed by atoms with Gasteiger partial charge in [0.1, 0.15) is 0 Å². The zero-order valence-electron chi connectivity index (χ0n) is 19.1. The van der Waals surface area contributed by atoms with Crippen molar-refractivity contribution < 1.29 is 14.3 Å². The molecule has 0 spiro atoms. The lowest BCUT2D eigenvalue weighted by atomic mass is 10.0. The number of carbonyl (C=O) groups is 2. The summed E-state index contributed by atoms with van der Waals surface area (Å²) in [4.78, 5) is 31.6. The van der Waals surface area contributed by atoms with Crippen LogP contribution in [0.5, 0.6) is 0 Å². The van der Waals surface area contributed by atoms with E-state index in [1.165, 1.54) is 6.92 Å². The zero-order chi connectivity index (χ0) is 24.4. The van der Waals surface area contributed by atoms with Crippen LogP contribution in [-0.2, 0) is 9.53 Å². The Morgan fingerprint density at radius 1 is 1.06 bits per heavy atom. The monoisotopic (exact) mass is 466 g/mol. The molecule has 1 aliphatic rings. The lowest BCUT2D eigenvalue weighted by Crippen LogP contribution is -2.41. The second kappa shape index (κ2) is 9.37. The molecule has 174 valence electrons. The van der Waals surface area contributed by atoms with Crippen LogP contribution < -0.4 is 5.32 Å². The Bertz CT molecular complexity index is 1460. The van der Waals surface area contributed by atoms with E-state index in [2.05, 4.69) is 16.5 Å². The minimum absolute atomic E-state index is 0.147. The summed E-state index contributed by atoms with van der Waals surface area (Å²) in [6, 6.07) is 16.5. The van der Waals surface area contributed by atoms with Gasteiger partial charge in [-0.05, 0) is 35.9 Å². The van der Waals surface area contributed by atoms with Crippen molar-refractivity contribution in [1.29, 1.82) is 5.26 Å². The lowest BCUT2D eigenvalue weighted by Gasteiger charge is -2.27. The number of hydrogen-bond donors (Lipinski definition) is 1. The number of amides is 2. The van der Waals surface area contributed by atoms with Crippen LogP contribution in [0.25, 0.3) is 28.0 Å². The minimum atomic E-state index is -0.263. The maximum Gasteiger partial charge on any atom is 0.256 e. The molecule has 9 nitrogen and oxygen atoms in total. The van der Waals surface area contributed by atoms with Crippen LogP contribution in [0.1, 0.15) is 22.8 Å². The summed E-state index contributed by atoms with van der Waals surface area (Å²) in [7, 11) is 0. The van der Waals surface area contributed by atoms with E-state index in [4.69, 9.17) is 15.0 Å². The van der Waals surface area contributed by atoms with E-state index in [0.717, 1.165) is 16.7 Å². The van der Waals surface area contributed by atoms with E-state index in [9.17, 15) is 9.59 Å². The molecule has 2 aromatic heterocycles. The molecule has 9 heteroatoms. The highest BCUT2D eigenvalue weighted by atomic mass is 16.5. The third-order valence-corrected chi connectivity index (χ3v) is 5.85. The number of rotatable bonds is 4. The molecule has 1 aliphatic heterocycles. The number of ether oxygens (including phenoxy) is 1. The summed E-state index contributed by atoms with van der Waals surface area (Å²) in [5, 5.41) is 16.2. The molecule has 4 aromatic rings. The van der Waals surface area contributed by atoms with E-state index in [1.807, 2.05) is 30.5 Å². The Kier molecular flexibility index (Phi) is 5.95. The fraction of sp³-hybridized carbons (Fsp3) is 0.192. The second-order valence-corrected chi connectivity index (χ2v) is 8.17. The number of anilines is 1. The number of nitrogens with one attached hydrogen (secondary N) is 1. The first-order valence-corrected chi connectivity index (χ1v) is 11.2. The Balaban J connectivity index is 1.53. The molecule has 0 aliphatic carbocycles. The van der Waals surface area contributed by atoms with E-state index in [0.29, 0.717) is 54.5 Å². The van der Waals surface area contributed by atoms with Crippen molar-refractivity contribution in [3.05, 3.63) is 72.1 Å². The molecule has 0 bridgehead atoms. The van der Waals surface area contributed by atoms with E-state index >= 15 is 0 Å². The molecule has 3 heterocycles. The maximum atomic E-state index is 13.1. The number of morpholine rings is 1. The Morgan fingerprint density at radius 3 is 2.51 bits per heavy atom. The third kappa shape index (κ3) is 4.47. The largest absolute Gasteiger partial charge is 0.378 e. The van der Waals surface area contributed by atoms with Crippen molar-refractivity contribution in [2.45, 2.75) is 6.92 Å². The molecular weight excluding hydrogens is 444 g/mol. The van der Waals surface area contributed by atoms with Gasteiger partial charge in [-0.3, -0.25) is 9.59 Å². The summed E-state index contributed by atoms with van der Waals surface area (Å²) in [6.45, 7) is 3.43. The van der Waals surface area contributed by atoms with Gasteiger partial charge in [0.05, 0.1) is 48.0 Å². The summed E-state index contributed by atoms with van der Waals surface area (Å²) in [5.74, 6) is -0.411. The highest BCUT2D eigenvalue weighted by Gasteiger charge is 2.22. The fourth-order valence-electron chi connectivity index (χ4n) is 4.08. The molecule has 0 radical (unpaired) electrons. The number of nitriles is 1. The average Bonchev–Trinajstić information content (AvgIpc) is 3.32. The Hall–Kier alpha value is -4.55. The van der Waals surface area contributed by atoms with Crippen LogP contribution in [0.15, 0.2) is 60.9 Å². The molecule has 0 saturated carbocycles. The van der Waals surface area contributed by atoms with Gasteiger partial charge in [0.2, 0.25) is 5.91 Å². The van der Waals surface area contributed by atoms with Gasteiger partial charge in [-0.15, -0.1) is 0 Å². The zero-order valence-corrected chi connectivity index (χ0v) is 19.1. The smallest absolute Gasteiger partial charge is 0.256 e. The number of fused-ring (bicyclic) bond motifs is 1. The average molecular weight is 467 g/mol. The minimum Gasteiger partial charge on any atom is -0.378 e. The number of nitrogens with zero attached hydrogens (tertiary/aromatic N) is 5. The molecule has 2 amide bonds. The molecule has 1 N–H and O–H groups in total. The summed E-state index contributed by atoms with van der Waals surface area (Å²) >= 11 is 0. The van der Waals surface area contributed by atoms with Crippen LogP contribution >= 0.6 is 0 Å². The Labute approximate surface area is 201 Å². The van der Waals surface area contributed by atoms with Crippen LogP contribution in [0, 0.1) is 11.3 Å².